The predicted octanol–water partition coefficient (Wildman–Crippen LogP) is 4.42. The van der Waals surface area contributed by atoms with Crippen LogP contribution < -0.4 is 0 Å². The minimum Gasteiger partial charge on any atom is -0.440 e. The van der Waals surface area contributed by atoms with E-state index in [1.807, 2.05) is 19.1 Å². The second kappa shape index (κ2) is 6.39. The van der Waals surface area contributed by atoms with Gasteiger partial charge in [0.1, 0.15) is 9.73 Å². The van der Waals surface area contributed by atoms with Crippen molar-refractivity contribution in [1.29, 1.82) is 0 Å². The zero-order chi connectivity index (χ0) is 17.6. The first-order valence-electron chi connectivity index (χ1n) is 8.06. The molecule has 25 heavy (non-hydrogen) atoms. The molecule has 1 aliphatic heterocycles. The Kier molecular flexibility index (Phi) is 4.35. The lowest BCUT2D eigenvalue weighted by Crippen LogP contribution is -2.37. The van der Waals surface area contributed by atoms with E-state index in [9.17, 15) is 8.42 Å². The fourth-order valence-corrected chi connectivity index (χ4v) is 6.19. The van der Waals surface area contributed by atoms with E-state index in [4.69, 9.17) is 16.0 Å². The summed E-state index contributed by atoms with van der Waals surface area (Å²) in [5.41, 5.74) is 1.45. The third-order valence-electron chi connectivity index (χ3n) is 4.48. The smallest absolute Gasteiger partial charge is 0.252 e. The van der Waals surface area contributed by atoms with E-state index < -0.39 is 10.0 Å². The SMILES string of the molecule is Cc1ccc(S(=O)(=O)N2CCC(c3nc4cc(Cl)ccc4o3)CC2)s1. The molecule has 0 saturated carbocycles. The zero-order valence-corrected chi connectivity index (χ0v) is 16.0. The summed E-state index contributed by atoms with van der Waals surface area (Å²) in [6.07, 6.45) is 1.40. The van der Waals surface area contributed by atoms with Crippen LogP contribution >= 0.6 is 22.9 Å². The van der Waals surface area contributed by atoms with E-state index in [0.29, 0.717) is 46.6 Å². The Morgan fingerprint density at radius 1 is 1.24 bits per heavy atom. The molecule has 0 spiro atoms. The maximum atomic E-state index is 12.7. The summed E-state index contributed by atoms with van der Waals surface area (Å²) in [6, 6.07) is 8.90. The molecule has 4 rings (SSSR count). The highest BCUT2D eigenvalue weighted by Gasteiger charge is 2.32. The van der Waals surface area contributed by atoms with E-state index >= 15 is 0 Å². The van der Waals surface area contributed by atoms with E-state index in [-0.39, 0.29) is 5.92 Å². The second-order valence-electron chi connectivity index (χ2n) is 6.21. The number of halogens is 1. The van der Waals surface area contributed by atoms with Gasteiger partial charge in [0.15, 0.2) is 11.5 Å². The summed E-state index contributed by atoms with van der Waals surface area (Å²) in [6.45, 7) is 2.86. The topological polar surface area (TPSA) is 63.4 Å². The van der Waals surface area contributed by atoms with Gasteiger partial charge in [0.05, 0.1) is 0 Å². The summed E-state index contributed by atoms with van der Waals surface area (Å²) in [4.78, 5) is 5.53. The van der Waals surface area contributed by atoms with Crippen LogP contribution in [-0.4, -0.2) is 30.8 Å². The average molecular weight is 397 g/mol. The molecule has 3 heterocycles. The highest BCUT2D eigenvalue weighted by molar-refractivity contribution is 7.91. The first kappa shape index (κ1) is 17.0. The third kappa shape index (κ3) is 3.21. The van der Waals surface area contributed by atoms with Gasteiger partial charge in [0, 0.05) is 28.9 Å². The summed E-state index contributed by atoms with van der Waals surface area (Å²) in [7, 11) is -3.39. The van der Waals surface area contributed by atoms with Crippen LogP contribution in [0.15, 0.2) is 39.0 Å². The highest BCUT2D eigenvalue weighted by atomic mass is 35.5. The average Bonchev–Trinajstić information content (AvgIpc) is 3.21. The molecule has 0 N–H and O–H groups in total. The van der Waals surface area contributed by atoms with Crippen LogP contribution in [0.2, 0.25) is 5.02 Å². The lowest BCUT2D eigenvalue weighted by Gasteiger charge is -2.29. The fraction of sp³-hybridized carbons (Fsp3) is 0.353. The van der Waals surface area contributed by atoms with Crippen molar-refractivity contribution in [1.82, 2.24) is 9.29 Å². The van der Waals surface area contributed by atoms with Crippen LogP contribution in [0.3, 0.4) is 0 Å². The Hall–Kier alpha value is -1.41. The van der Waals surface area contributed by atoms with Crippen LogP contribution in [0.5, 0.6) is 0 Å². The quantitative estimate of drug-likeness (QED) is 0.657. The van der Waals surface area contributed by atoms with Crippen LogP contribution in [0.25, 0.3) is 11.1 Å². The molecule has 1 aliphatic rings. The first-order valence-corrected chi connectivity index (χ1v) is 10.7. The standard InChI is InChI=1S/C17H17ClN2O3S2/c1-11-2-5-16(24-11)25(21,22)20-8-6-12(7-9-20)17-19-14-10-13(18)3-4-15(14)23-17/h2-5,10,12H,6-9H2,1H3. The van der Waals surface area contributed by atoms with Gasteiger partial charge in [-0.15, -0.1) is 11.3 Å². The van der Waals surface area contributed by atoms with Gasteiger partial charge >= 0.3 is 0 Å². The molecule has 2 aromatic heterocycles. The molecule has 132 valence electrons. The third-order valence-corrected chi connectivity index (χ3v) is 8.08. The second-order valence-corrected chi connectivity index (χ2v) is 10.1. The molecule has 5 nitrogen and oxygen atoms in total. The van der Waals surface area contributed by atoms with Crippen molar-refractivity contribution in [3.8, 4) is 0 Å². The largest absolute Gasteiger partial charge is 0.440 e. The lowest BCUT2D eigenvalue weighted by atomic mass is 9.98. The van der Waals surface area contributed by atoms with Gasteiger partial charge in [-0.2, -0.15) is 4.31 Å². The van der Waals surface area contributed by atoms with Crippen molar-refractivity contribution >= 4 is 44.1 Å². The summed E-state index contributed by atoms with van der Waals surface area (Å²) in [5, 5.41) is 0.625. The Morgan fingerprint density at radius 3 is 2.68 bits per heavy atom. The van der Waals surface area contributed by atoms with E-state index in [2.05, 4.69) is 4.98 Å². The first-order chi connectivity index (χ1) is 11.9. The van der Waals surface area contributed by atoms with Crippen molar-refractivity contribution < 1.29 is 12.8 Å². The van der Waals surface area contributed by atoms with Gasteiger partial charge in [0.2, 0.25) is 0 Å². The summed E-state index contributed by atoms with van der Waals surface area (Å²) >= 11 is 7.31. The van der Waals surface area contributed by atoms with Gasteiger partial charge < -0.3 is 4.42 Å². The van der Waals surface area contributed by atoms with Crippen LogP contribution in [0.1, 0.15) is 29.5 Å². The number of aromatic nitrogens is 1. The minimum absolute atomic E-state index is 0.127. The number of thiophene rings is 1. The number of oxazole rings is 1. The van der Waals surface area contributed by atoms with Gasteiger partial charge in [-0.3, -0.25) is 0 Å². The zero-order valence-electron chi connectivity index (χ0n) is 13.6. The molecule has 1 saturated heterocycles. The van der Waals surface area contributed by atoms with Crippen LogP contribution in [-0.2, 0) is 10.0 Å². The van der Waals surface area contributed by atoms with Crippen LogP contribution in [0, 0.1) is 6.92 Å². The number of hydrogen-bond donors (Lipinski definition) is 0. The molecule has 0 bridgehead atoms. The Balaban J connectivity index is 1.50. The molecule has 0 radical (unpaired) electrons. The predicted molar refractivity (Wildman–Crippen MR) is 98.8 cm³/mol. The van der Waals surface area contributed by atoms with Crippen LogP contribution in [0.4, 0.5) is 0 Å². The summed E-state index contributed by atoms with van der Waals surface area (Å²) < 4.78 is 33.2. The van der Waals surface area contributed by atoms with Gasteiger partial charge in [-0.25, -0.2) is 13.4 Å². The molecule has 0 aliphatic carbocycles. The molecule has 0 atom stereocenters. The molecule has 0 unspecified atom stereocenters. The number of benzene rings is 1. The van der Waals surface area contributed by atoms with Crippen molar-refractivity contribution in [2.45, 2.75) is 29.9 Å². The van der Waals surface area contributed by atoms with Crippen molar-refractivity contribution in [2.24, 2.45) is 0 Å². The molecule has 3 aromatic rings. The number of piperidine rings is 1. The van der Waals surface area contributed by atoms with E-state index in [1.54, 1.807) is 22.5 Å². The molecule has 1 fully saturated rings. The molecule has 1 aromatic carbocycles. The molecular formula is C17H17ClN2O3S2. The van der Waals surface area contributed by atoms with Gasteiger partial charge in [-0.1, -0.05) is 11.6 Å². The van der Waals surface area contributed by atoms with E-state index in [1.165, 1.54) is 11.3 Å². The molecular weight excluding hydrogens is 380 g/mol. The number of hydrogen-bond acceptors (Lipinski definition) is 5. The number of fused-ring (bicyclic) bond motifs is 1. The summed E-state index contributed by atoms with van der Waals surface area (Å²) in [5.74, 6) is 0.795. The Labute approximate surface area is 155 Å². The maximum Gasteiger partial charge on any atom is 0.252 e. The van der Waals surface area contributed by atoms with Crippen molar-refractivity contribution in [2.75, 3.05) is 13.1 Å². The van der Waals surface area contributed by atoms with Crippen molar-refractivity contribution in [3.63, 3.8) is 0 Å². The molecule has 8 heteroatoms. The van der Waals surface area contributed by atoms with Gasteiger partial charge in [0.25, 0.3) is 10.0 Å². The number of aryl methyl sites for hydroxylation is 1. The number of rotatable bonds is 3. The fourth-order valence-electron chi connectivity index (χ4n) is 3.11. The van der Waals surface area contributed by atoms with Crippen molar-refractivity contribution in [3.05, 3.63) is 46.1 Å². The monoisotopic (exact) mass is 396 g/mol. The van der Waals surface area contributed by atoms with Gasteiger partial charge in [-0.05, 0) is 50.1 Å². The minimum atomic E-state index is -3.39. The lowest BCUT2D eigenvalue weighted by molar-refractivity contribution is 0.294. The number of nitrogens with zero attached hydrogens (tertiary/aromatic N) is 2. The van der Waals surface area contributed by atoms with E-state index in [0.717, 1.165) is 10.4 Å². The maximum absolute atomic E-state index is 12.7. The highest BCUT2D eigenvalue weighted by Crippen LogP contribution is 2.33. The number of sulfonamides is 1. The Morgan fingerprint density at radius 2 is 2.00 bits per heavy atom. The Bertz CT molecular complexity index is 1020. The normalized spacial score (nSPS) is 17.4. The molecule has 0 amide bonds.